The molecule has 0 unspecified atom stereocenters. The van der Waals surface area contributed by atoms with E-state index in [1.165, 1.54) is 23.5 Å². The Balaban J connectivity index is 2.42. The van der Waals surface area contributed by atoms with E-state index in [1.807, 2.05) is 13.0 Å². The minimum absolute atomic E-state index is 0.263. The highest BCUT2D eigenvalue weighted by atomic mass is 32.2. The van der Waals surface area contributed by atoms with Crippen LogP contribution in [0, 0.1) is 13.8 Å². The van der Waals surface area contributed by atoms with Crippen molar-refractivity contribution >= 4 is 21.6 Å². The van der Waals surface area contributed by atoms with Gasteiger partial charge < -0.3 is 5.73 Å². The van der Waals surface area contributed by atoms with E-state index in [0.717, 1.165) is 5.56 Å². The molecule has 0 saturated carbocycles. The van der Waals surface area contributed by atoms with Gasteiger partial charge >= 0.3 is 0 Å². The van der Waals surface area contributed by atoms with E-state index in [2.05, 4.69) is 0 Å². The maximum absolute atomic E-state index is 12.7. The number of anilines is 1. The summed E-state index contributed by atoms with van der Waals surface area (Å²) in [7, 11) is -2.18. The third-order valence-corrected chi connectivity index (χ3v) is 5.43. The van der Waals surface area contributed by atoms with Gasteiger partial charge in [-0.15, -0.1) is 0 Å². The molecule has 2 aromatic rings. The number of aryl methyl sites for hydroxylation is 2. The van der Waals surface area contributed by atoms with Crippen molar-refractivity contribution in [3.8, 4) is 0 Å². The number of hydrogen-bond acceptors (Lipinski definition) is 3. The van der Waals surface area contributed by atoms with E-state index < -0.39 is 15.9 Å². The Morgan fingerprint density at radius 2 is 1.64 bits per heavy atom. The smallest absolute Gasteiger partial charge is 0.264 e. The zero-order chi connectivity index (χ0) is 16.5. The van der Waals surface area contributed by atoms with E-state index in [0.29, 0.717) is 16.8 Å². The lowest BCUT2D eigenvalue weighted by Gasteiger charge is -2.21. The minimum atomic E-state index is -3.66. The molecule has 0 heterocycles. The van der Waals surface area contributed by atoms with Crippen LogP contribution in [0.1, 0.15) is 21.5 Å². The van der Waals surface area contributed by atoms with E-state index in [1.54, 1.807) is 31.2 Å². The highest BCUT2D eigenvalue weighted by Crippen LogP contribution is 2.25. The summed E-state index contributed by atoms with van der Waals surface area (Å²) in [5.41, 5.74) is 7.68. The van der Waals surface area contributed by atoms with Crippen molar-refractivity contribution in [2.75, 3.05) is 11.4 Å². The molecule has 6 heteroatoms. The third kappa shape index (κ3) is 2.96. The number of benzene rings is 2. The predicted molar refractivity (Wildman–Crippen MR) is 86.5 cm³/mol. The van der Waals surface area contributed by atoms with Gasteiger partial charge in [-0.1, -0.05) is 17.7 Å². The van der Waals surface area contributed by atoms with Gasteiger partial charge in [-0.2, -0.15) is 0 Å². The molecule has 2 N–H and O–H groups in total. The second-order valence-electron chi connectivity index (χ2n) is 5.15. The van der Waals surface area contributed by atoms with Gasteiger partial charge in [0.25, 0.3) is 10.0 Å². The second-order valence-corrected chi connectivity index (χ2v) is 7.09. The molecular formula is C16H18N2O3S. The Morgan fingerprint density at radius 1 is 1.05 bits per heavy atom. The first-order valence-electron chi connectivity index (χ1n) is 6.69. The maximum Gasteiger partial charge on any atom is 0.264 e. The molecule has 0 spiro atoms. The summed E-state index contributed by atoms with van der Waals surface area (Å²) >= 11 is 0. The van der Waals surface area contributed by atoms with Crippen LogP contribution in [0.5, 0.6) is 0 Å². The Bertz CT molecular complexity index is 812. The molecular weight excluding hydrogens is 300 g/mol. The van der Waals surface area contributed by atoms with Gasteiger partial charge in [0.15, 0.2) is 0 Å². The van der Waals surface area contributed by atoms with Gasteiger partial charge in [0.2, 0.25) is 5.91 Å². The molecule has 0 radical (unpaired) electrons. The van der Waals surface area contributed by atoms with Gasteiger partial charge in [0, 0.05) is 12.6 Å². The van der Waals surface area contributed by atoms with Crippen molar-refractivity contribution in [3.63, 3.8) is 0 Å². The summed E-state index contributed by atoms with van der Waals surface area (Å²) < 4.78 is 26.6. The SMILES string of the molecule is Cc1ccc(S(=O)(=O)N(C)c2ccc(C(N)=O)cc2)c(C)c1. The van der Waals surface area contributed by atoms with Gasteiger partial charge in [-0.25, -0.2) is 8.42 Å². The van der Waals surface area contributed by atoms with Crippen LogP contribution in [0.4, 0.5) is 5.69 Å². The fourth-order valence-electron chi connectivity index (χ4n) is 2.21. The van der Waals surface area contributed by atoms with E-state index in [-0.39, 0.29) is 4.90 Å². The molecule has 0 aliphatic carbocycles. The largest absolute Gasteiger partial charge is 0.366 e. The van der Waals surface area contributed by atoms with Gasteiger partial charge in [0.1, 0.15) is 0 Å². The third-order valence-electron chi connectivity index (χ3n) is 3.48. The second kappa shape index (κ2) is 5.81. The molecule has 2 aromatic carbocycles. The average Bonchev–Trinajstić information content (AvgIpc) is 2.46. The number of primary amides is 1. The number of nitrogens with zero attached hydrogens (tertiary/aromatic N) is 1. The fourth-order valence-corrected chi connectivity index (χ4v) is 3.61. The van der Waals surface area contributed by atoms with Gasteiger partial charge in [0.05, 0.1) is 10.6 Å². The zero-order valence-corrected chi connectivity index (χ0v) is 13.5. The molecule has 0 atom stereocenters. The van der Waals surface area contributed by atoms with Crippen molar-refractivity contribution in [2.24, 2.45) is 5.73 Å². The van der Waals surface area contributed by atoms with Crippen LogP contribution in [0.25, 0.3) is 0 Å². The van der Waals surface area contributed by atoms with Crippen molar-refractivity contribution in [1.82, 2.24) is 0 Å². The molecule has 1 amide bonds. The number of rotatable bonds is 4. The summed E-state index contributed by atoms with van der Waals surface area (Å²) in [4.78, 5) is 11.3. The first-order valence-corrected chi connectivity index (χ1v) is 8.13. The number of sulfonamides is 1. The number of carbonyl (C=O) groups is 1. The Kier molecular flexibility index (Phi) is 4.23. The molecule has 116 valence electrons. The van der Waals surface area contributed by atoms with Crippen LogP contribution in [0.15, 0.2) is 47.4 Å². The molecule has 22 heavy (non-hydrogen) atoms. The topological polar surface area (TPSA) is 80.5 Å². The molecule has 0 aliphatic rings. The number of hydrogen-bond donors (Lipinski definition) is 1. The molecule has 0 aliphatic heterocycles. The van der Waals surface area contributed by atoms with E-state index in [4.69, 9.17) is 5.73 Å². The first kappa shape index (κ1) is 16.0. The Hall–Kier alpha value is -2.34. The monoisotopic (exact) mass is 318 g/mol. The van der Waals surface area contributed by atoms with Crippen LogP contribution in [0.2, 0.25) is 0 Å². The molecule has 0 bridgehead atoms. The van der Waals surface area contributed by atoms with Gasteiger partial charge in [-0.05, 0) is 49.7 Å². The lowest BCUT2D eigenvalue weighted by atomic mass is 10.2. The maximum atomic E-state index is 12.7. The fraction of sp³-hybridized carbons (Fsp3) is 0.188. The van der Waals surface area contributed by atoms with Crippen molar-refractivity contribution in [2.45, 2.75) is 18.7 Å². The average molecular weight is 318 g/mol. The molecule has 0 aromatic heterocycles. The zero-order valence-electron chi connectivity index (χ0n) is 12.7. The standard InChI is InChI=1S/C16H18N2O3S/c1-11-4-9-15(12(2)10-11)22(20,21)18(3)14-7-5-13(6-8-14)16(17)19/h4-10H,1-3H3,(H2,17,19). The number of carbonyl (C=O) groups excluding carboxylic acids is 1. The minimum Gasteiger partial charge on any atom is -0.366 e. The molecule has 5 nitrogen and oxygen atoms in total. The molecule has 2 rings (SSSR count). The Morgan fingerprint density at radius 3 is 2.14 bits per heavy atom. The summed E-state index contributed by atoms with van der Waals surface area (Å²) in [5, 5.41) is 0. The summed E-state index contributed by atoms with van der Waals surface area (Å²) in [6.07, 6.45) is 0. The summed E-state index contributed by atoms with van der Waals surface area (Å²) in [6, 6.07) is 11.3. The van der Waals surface area contributed by atoms with Crippen LogP contribution in [-0.2, 0) is 10.0 Å². The Labute approximate surface area is 130 Å². The summed E-state index contributed by atoms with van der Waals surface area (Å²) in [5.74, 6) is -0.550. The molecule has 0 saturated heterocycles. The van der Waals surface area contributed by atoms with Crippen LogP contribution in [0.3, 0.4) is 0 Å². The first-order chi connectivity index (χ1) is 10.2. The summed E-state index contributed by atoms with van der Waals surface area (Å²) in [6.45, 7) is 3.68. The lowest BCUT2D eigenvalue weighted by molar-refractivity contribution is 0.100. The molecule has 0 fully saturated rings. The highest BCUT2D eigenvalue weighted by Gasteiger charge is 2.23. The van der Waals surface area contributed by atoms with Crippen LogP contribution in [-0.4, -0.2) is 21.4 Å². The highest BCUT2D eigenvalue weighted by molar-refractivity contribution is 7.92. The van der Waals surface area contributed by atoms with Crippen molar-refractivity contribution in [1.29, 1.82) is 0 Å². The van der Waals surface area contributed by atoms with E-state index >= 15 is 0 Å². The predicted octanol–water partition coefficient (Wildman–Crippen LogP) is 2.23. The quantitative estimate of drug-likeness (QED) is 0.938. The normalized spacial score (nSPS) is 11.2. The number of nitrogens with two attached hydrogens (primary N) is 1. The number of amides is 1. The lowest BCUT2D eigenvalue weighted by Crippen LogP contribution is -2.27. The van der Waals surface area contributed by atoms with Gasteiger partial charge in [-0.3, -0.25) is 9.10 Å². The van der Waals surface area contributed by atoms with Crippen LogP contribution < -0.4 is 10.0 Å². The van der Waals surface area contributed by atoms with E-state index in [9.17, 15) is 13.2 Å². The van der Waals surface area contributed by atoms with Crippen molar-refractivity contribution in [3.05, 3.63) is 59.2 Å². The van der Waals surface area contributed by atoms with Crippen molar-refractivity contribution < 1.29 is 13.2 Å². The van der Waals surface area contributed by atoms with Crippen LogP contribution >= 0.6 is 0 Å².